The molecule has 2 aromatic carbocycles. The monoisotopic (exact) mass is 304 g/mol. The molecule has 0 fully saturated rings. The highest BCUT2D eigenvalue weighted by Gasteiger charge is 2.20. The van der Waals surface area contributed by atoms with Gasteiger partial charge in [-0.05, 0) is 31.2 Å². The Morgan fingerprint density at radius 2 is 1.78 bits per heavy atom. The molecule has 1 aromatic heterocycles. The van der Waals surface area contributed by atoms with Crippen molar-refractivity contribution in [2.45, 2.75) is 6.92 Å². The van der Waals surface area contributed by atoms with Gasteiger partial charge in [0.25, 0.3) is 5.56 Å². The summed E-state index contributed by atoms with van der Waals surface area (Å²) in [6.07, 6.45) is 0. The average Bonchev–Trinajstić information content (AvgIpc) is 2.90. The lowest BCUT2D eigenvalue weighted by molar-refractivity contribution is 0.835. The van der Waals surface area contributed by atoms with Crippen molar-refractivity contribution in [3.8, 4) is 5.69 Å². The van der Waals surface area contributed by atoms with Gasteiger partial charge in [-0.1, -0.05) is 30.3 Å². The van der Waals surface area contributed by atoms with Gasteiger partial charge >= 0.3 is 0 Å². The summed E-state index contributed by atoms with van der Waals surface area (Å²) in [6.45, 7) is 2.44. The van der Waals surface area contributed by atoms with Crippen LogP contribution in [-0.4, -0.2) is 22.0 Å². The molecule has 2 N–H and O–H groups in total. The number of nitrogens with zero attached hydrogens (tertiary/aromatic N) is 2. The van der Waals surface area contributed by atoms with Crippen LogP contribution >= 0.6 is 0 Å². The number of fused-ring (bicyclic) bond motifs is 1. The van der Waals surface area contributed by atoms with Crippen LogP contribution in [0.1, 0.15) is 11.3 Å². The maximum absolute atomic E-state index is 12.8. The molecule has 0 atom stereocenters. The first kappa shape index (κ1) is 13.6. The van der Waals surface area contributed by atoms with Gasteiger partial charge in [0.15, 0.2) is 0 Å². The number of hydrogen-bond donors (Lipinski definition) is 2. The Morgan fingerprint density at radius 3 is 2.61 bits per heavy atom. The number of hydrogen-bond acceptors (Lipinski definition) is 3. The Balaban J connectivity index is 1.84. The van der Waals surface area contributed by atoms with Crippen molar-refractivity contribution in [2.75, 3.05) is 11.9 Å². The van der Waals surface area contributed by atoms with Crippen molar-refractivity contribution in [1.29, 1.82) is 0 Å². The fraction of sp³-hybridized carbons (Fsp3) is 0.111. The van der Waals surface area contributed by atoms with E-state index in [0.717, 1.165) is 28.5 Å². The number of nitrogens with one attached hydrogen (secondary N) is 2. The molecule has 0 aliphatic carbocycles. The lowest BCUT2D eigenvalue weighted by Crippen LogP contribution is -2.26. The Kier molecular flexibility index (Phi) is 3.12. The van der Waals surface area contributed by atoms with Crippen LogP contribution in [-0.2, 0) is 0 Å². The molecular formula is C18H16N4O. The number of para-hydroxylation sites is 3. The summed E-state index contributed by atoms with van der Waals surface area (Å²) in [6, 6.07) is 17.4. The summed E-state index contributed by atoms with van der Waals surface area (Å²) < 4.78 is 1.56. The Labute approximate surface area is 133 Å². The van der Waals surface area contributed by atoms with E-state index < -0.39 is 0 Å². The molecule has 4 rings (SSSR count). The van der Waals surface area contributed by atoms with Gasteiger partial charge in [-0.2, -0.15) is 0 Å². The first-order valence-corrected chi connectivity index (χ1v) is 7.52. The molecular weight excluding hydrogens is 288 g/mol. The second-order valence-electron chi connectivity index (χ2n) is 5.52. The molecule has 0 bridgehead atoms. The number of H-pyrrole nitrogens is 1. The zero-order valence-corrected chi connectivity index (χ0v) is 12.7. The van der Waals surface area contributed by atoms with Crippen molar-refractivity contribution in [1.82, 2.24) is 9.78 Å². The predicted molar refractivity (Wildman–Crippen MR) is 92.3 cm³/mol. The van der Waals surface area contributed by atoms with Crippen LogP contribution in [0.4, 0.5) is 11.4 Å². The second kappa shape index (κ2) is 5.28. The average molecular weight is 304 g/mol. The van der Waals surface area contributed by atoms with Crippen LogP contribution in [0.25, 0.3) is 5.69 Å². The number of benzene rings is 2. The molecule has 1 aliphatic rings. The van der Waals surface area contributed by atoms with Crippen LogP contribution < -0.4 is 10.9 Å². The van der Waals surface area contributed by atoms with E-state index in [1.807, 2.05) is 61.5 Å². The summed E-state index contributed by atoms with van der Waals surface area (Å²) in [5.74, 6) is 0. The molecule has 0 amide bonds. The molecule has 23 heavy (non-hydrogen) atoms. The van der Waals surface area contributed by atoms with Gasteiger partial charge in [0.2, 0.25) is 0 Å². The fourth-order valence-electron chi connectivity index (χ4n) is 2.87. The first-order valence-electron chi connectivity index (χ1n) is 7.52. The van der Waals surface area contributed by atoms with Crippen LogP contribution in [0.2, 0.25) is 0 Å². The molecule has 0 spiro atoms. The Morgan fingerprint density at radius 1 is 1.04 bits per heavy atom. The minimum Gasteiger partial charge on any atom is -0.378 e. The van der Waals surface area contributed by atoms with E-state index in [1.165, 1.54) is 0 Å². The Bertz CT molecular complexity index is 951. The Hall–Kier alpha value is -3.08. The lowest BCUT2D eigenvalue weighted by atomic mass is 10.1. The predicted octanol–water partition coefficient (Wildman–Crippen LogP) is 3.02. The molecule has 0 saturated heterocycles. The molecule has 0 unspecified atom stereocenters. The minimum absolute atomic E-state index is 0.0753. The van der Waals surface area contributed by atoms with E-state index >= 15 is 0 Å². The van der Waals surface area contributed by atoms with E-state index in [4.69, 9.17) is 0 Å². The lowest BCUT2D eigenvalue weighted by Gasteiger charge is -2.16. The van der Waals surface area contributed by atoms with Crippen LogP contribution in [0, 0.1) is 6.92 Å². The van der Waals surface area contributed by atoms with Crippen LogP contribution in [0.15, 0.2) is 64.4 Å². The number of aromatic amines is 1. The third kappa shape index (κ3) is 2.26. The molecule has 5 heteroatoms. The highest BCUT2D eigenvalue weighted by Crippen LogP contribution is 2.28. The molecule has 0 radical (unpaired) electrons. The van der Waals surface area contributed by atoms with Gasteiger partial charge in [-0.3, -0.25) is 9.89 Å². The normalized spacial score (nSPS) is 13.2. The molecule has 5 nitrogen and oxygen atoms in total. The quantitative estimate of drug-likeness (QED) is 0.764. The SMILES string of the molecule is Cc1[nH]n(-c2ccccc2)c(=O)c1C1=Nc2ccccc2NC1. The molecule has 1 aliphatic heterocycles. The third-order valence-electron chi connectivity index (χ3n) is 3.98. The fourth-order valence-corrected chi connectivity index (χ4v) is 2.87. The number of aromatic nitrogens is 2. The third-order valence-corrected chi connectivity index (χ3v) is 3.98. The van der Waals surface area contributed by atoms with E-state index in [-0.39, 0.29) is 5.56 Å². The molecule has 2 heterocycles. The van der Waals surface area contributed by atoms with E-state index in [9.17, 15) is 4.79 Å². The standard InChI is InChI=1S/C18H16N4O/c1-12-17(16-11-19-14-9-5-6-10-15(14)20-16)18(23)22(21-12)13-7-3-2-4-8-13/h2-10,19,21H,11H2,1H3. The first-order chi connectivity index (χ1) is 11.2. The topological polar surface area (TPSA) is 62.2 Å². The maximum Gasteiger partial charge on any atom is 0.280 e. The van der Waals surface area contributed by atoms with Crippen molar-refractivity contribution >= 4 is 17.1 Å². The van der Waals surface area contributed by atoms with E-state index in [2.05, 4.69) is 15.4 Å². The minimum atomic E-state index is -0.0753. The molecule has 3 aromatic rings. The largest absolute Gasteiger partial charge is 0.378 e. The summed E-state index contributed by atoms with van der Waals surface area (Å²) in [4.78, 5) is 17.5. The van der Waals surface area contributed by atoms with Gasteiger partial charge < -0.3 is 5.32 Å². The highest BCUT2D eigenvalue weighted by atomic mass is 16.1. The van der Waals surface area contributed by atoms with Crippen molar-refractivity contribution < 1.29 is 0 Å². The van der Waals surface area contributed by atoms with Gasteiger partial charge in [0.1, 0.15) is 0 Å². The smallest absolute Gasteiger partial charge is 0.280 e. The summed E-state index contributed by atoms with van der Waals surface area (Å²) >= 11 is 0. The molecule has 114 valence electrons. The number of rotatable bonds is 2. The number of aliphatic imine (C=N–C) groups is 1. The number of aryl methyl sites for hydroxylation is 1. The van der Waals surface area contributed by atoms with Gasteiger partial charge in [-0.15, -0.1) is 0 Å². The summed E-state index contributed by atoms with van der Waals surface area (Å²) in [7, 11) is 0. The summed E-state index contributed by atoms with van der Waals surface area (Å²) in [5, 5.41) is 6.47. The second-order valence-corrected chi connectivity index (χ2v) is 5.52. The maximum atomic E-state index is 12.8. The van der Waals surface area contributed by atoms with E-state index in [1.54, 1.807) is 4.68 Å². The number of anilines is 1. The summed E-state index contributed by atoms with van der Waals surface area (Å²) in [5.41, 5.74) is 4.81. The molecule has 0 saturated carbocycles. The van der Waals surface area contributed by atoms with Crippen molar-refractivity contribution in [2.24, 2.45) is 4.99 Å². The van der Waals surface area contributed by atoms with Gasteiger partial charge in [0.05, 0.1) is 34.9 Å². The zero-order chi connectivity index (χ0) is 15.8. The highest BCUT2D eigenvalue weighted by molar-refractivity contribution is 6.07. The van der Waals surface area contributed by atoms with Crippen molar-refractivity contribution in [3.63, 3.8) is 0 Å². The van der Waals surface area contributed by atoms with Gasteiger partial charge in [0, 0.05) is 5.69 Å². The zero-order valence-electron chi connectivity index (χ0n) is 12.7. The van der Waals surface area contributed by atoms with Crippen molar-refractivity contribution in [3.05, 3.63) is 76.2 Å². The van der Waals surface area contributed by atoms with Crippen LogP contribution in [0.5, 0.6) is 0 Å². The van der Waals surface area contributed by atoms with E-state index in [0.29, 0.717) is 12.1 Å². The van der Waals surface area contributed by atoms with Crippen LogP contribution in [0.3, 0.4) is 0 Å². The van der Waals surface area contributed by atoms with Gasteiger partial charge in [-0.25, -0.2) is 9.67 Å².